The van der Waals surface area contributed by atoms with Gasteiger partial charge in [-0.2, -0.15) is 4.31 Å². The third kappa shape index (κ3) is 5.57. The smallest absolute Gasteiger partial charge is 0.248 e. The molecule has 0 radical (unpaired) electrons. The first-order valence-corrected chi connectivity index (χ1v) is 13.5. The maximum atomic E-state index is 13.7. The Labute approximate surface area is 212 Å². The Morgan fingerprint density at radius 3 is 2.61 bits per heavy atom. The van der Waals surface area contributed by atoms with Gasteiger partial charge >= 0.3 is 0 Å². The molecule has 1 aliphatic heterocycles. The zero-order chi connectivity index (χ0) is 25.9. The second kappa shape index (κ2) is 10.8. The van der Waals surface area contributed by atoms with Gasteiger partial charge in [0.2, 0.25) is 15.9 Å². The van der Waals surface area contributed by atoms with Crippen molar-refractivity contribution in [2.75, 3.05) is 13.1 Å². The molecule has 3 heterocycles. The number of rotatable bonds is 7. The zero-order valence-electron chi connectivity index (χ0n) is 21.1. The van der Waals surface area contributed by atoms with Crippen molar-refractivity contribution in [3.05, 3.63) is 75.9 Å². The van der Waals surface area contributed by atoms with E-state index in [-0.39, 0.29) is 23.1 Å². The molecule has 1 aliphatic rings. The van der Waals surface area contributed by atoms with Crippen LogP contribution in [0.2, 0.25) is 0 Å². The number of benzene rings is 1. The summed E-state index contributed by atoms with van der Waals surface area (Å²) in [5, 5.41) is 6.83. The molecule has 0 aliphatic carbocycles. The first kappa shape index (κ1) is 25.8. The molecule has 1 atom stereocenters. The maximum absolute atomic E-state index is 13.7. The summed E-state index contributed by atoms with van der Waals surface area (Å²) in [4.78, 5) is 17.1. The molecule has 1 N–H and O–H groups in total. The van der Waals surface area contributed by atoms with E-state index in [2.05, 4.69) is 27.6 Å². The molecule has 0 spiro atoms. The highest BCUT2D eigenvalue weighted by molar-refractivity contribution is 7.89. The molecule has 1 aromatic carbocycles. The molecule has 190 valence electrons. The van der Waals surface area contributed by atoms with Gasteiger partial charge in [-0.25, -0.2) is 8.42 Å². The van der Waals surface area contributed by atoms with Crippen molar-refractivity contribution >= 4 is 28.1 Å². The molecule has 2 aromatic heterocycles. The molecule has 3 aromatic rings. The van der Waals surface area contributed by atoms with Crippen LogP contribution in [0.25, 0.3) is 12.2 Å². The molecule has 1 fully saturated rings. The van der Waals surface area contributed by atoms with Crippen LogP contribution in [0.15, 0.2) is 45.9 Å². The molecule has 8 nitrogen and oxygen atoms in total. The quantitative estimate of drug-likeness (QED) is 0.513. The number of pyridine rings is 1. The van der Waals surface area contributed by atoms with Gasteiger partial charge in [0, 0.05) is 19.3 Å². The maximum Gasteiger partial charge on any atom is 0.248 e. The summed E-state index contributed by atoms with van der Waals surface area (Å²) in [6.07, 6.45) is 6.43. The van der Waals surface area contributed by atoms with Crippen LogP contribution in [0.4, 0.5) is 0 Å². The van der Waals surface area contributed by atoms with E-state index in [1.165, 1.54) is 9.87 Å². The van der Waals surface area contributed by atoms with Gasteiger partial charge in [-0.05, 0) is 75.4 Å². The van der Waals surface area contributed by atoms with Gasteiger partial charge in [0.25, 0.3) is 0 Å². The minimum Gasteiger partial charge on any atom is -0.355 e. The molecular formula is C27H32N4O4S. The third-order valence-electron chi connectivity index (χ3n) is 6.50. The summed E-state index contributed by atoms with van der Waals surface area (Å²) in [6, 6.07) is 9.68. The number of carbonyl (C=O) groups is 1. The number of carbonyl (C=O) groups excluding carboxylic acids is 1. The van der Waals surface area contributed by atoms with Crippen molar-refractivity contribution < 1.29 is 17.7 Å². The minimum absolute atomic E-state index is 0.0516. The molecule has 4 rings (SSSR count). The van der Waals surface area contributed by atoms with E-state index >= 15 is 0 Å². The van der Waals surface area contributed by atoms with Gasteiger partial charge < -0.3 is 9.84 Å². The highest BCUT2D eigenvalue weighted by Crippen LogP contribution is 2.30. The second-order valence-electron chi connectivity index (χ2n) is 9.35. The van der Waals surface area contributed by atoms with E-state index in [0.717, 1.165) is 22.4 Å². The number of hydrogen-bond donors (Lipinski definition) is 1. The predicted molar refractivity (Wildman–Crippen MR) is 138 cm³/mol. The van der Waals surface area contributed by atoms with E-state index in [0.29, 0.717) is 31.6 Å². The zero-order valence-corrected chi connectivity index (χ0v) is 21.9. The second-order valence-corrected chi connectivity index (χ2v) is 11.2. The standard InChI is InChI=1S/C27H32N4O4S/c1-18-14-19(2)24(20(3)15-18)10-11-25-26(21(4)30-35-25)36(33,34)31-13-7-8-22(17-31)27(32)29-16-23-9-5-6-12-28-23/h5-6,9-12,14-15,22H,7-8,13,16-17H2,1-4H3,(H,29,32)/b11-10+. The van der Waals surface area contributed by atoms with Gasteiger partial charge in [-0.1, -0.05) is 35.0 Å². The van der Waals surface area contributed by atoms with Crippen molar-refractivity contribution in [3.63, 3.8) is 0 Å². The Hall–Kier alpha value is -3.30. The molecule has 1 saturated heterocycles. The van der Waals surface area contributed by atoms with E-state index in [1.54, 1.807) is 19.2 Å². The normalized spacial score (nSPS) is 16.9. The summed E-state index contributed by atoms with van der Waals surface area (Å²) >= 11 is 0. The summed E-state index contributed by atoms with van der Waals surface area (Å²) in [5.74, 6) is -0.420. The van der Waals surface area contributed by atoms with E-state index in [9.17, 15) is 13.2 Å². The van der Waals surface area contributed by atoms with Crippen LogP contribution in [-0.4, -0.2) is 41.9 Å². The Kier molecular flexibility index (Phi) is 7.70. The first-order valence-electron chi connectivity index (χ1n) is 12.1. The van der Waals surface area contributed by atoms with Crippen LogP contribution in [0.5, 0.6) is 0 Å². The van der Waals surface area contributed by atoms with Crippen LogP contribution in [0.1, 0.15) is 52.2 Å². The lowest BCUT2D eigenvalue weighted by atomic mass is 9.99. The third-order valence-corrected chi connectivity index (χ3v) is 8.52. The van der Waals surface area contributed by atoms with Crippen LogP contribution in [0.3, 0.4) is 0 Å². The van der Waals surface area contributed by atoms with Crippen molar-refractivity contribution in [3.8, 4) is 0 Å². The number of amides is 1. The monoisotopic (exact) mass is 508 g/mol. The van der Waals surface area contributed by atoms with Gasteiger partial charge in [-0.15, -0.1) is 0 Å². The van der Waals surface area contributed by atoms with Gasteiger partial charge in [0.15, 0.2) is 10.7 Å². The highest BCUT2D eigenvalue weighted by Gasteiger charge is 2.36. The SMILES string of the molecule is Cc1cc(C)c(/C=C/c2onc(C)c2S(=O)(=O)N2CCCC(C(=O)NCc3ccccn3)C2)c(C)c1. The summed E-state index contributed by atoms with van der Waals surface area (Å²) in [7, 11) is -3.91. The predicted octanol–water partition coefficient (Wildman–Crippen LogP) is 4.19. The average Bonchev–Trinajstić information content (AvgIpc) is 3.23. The van der Waals surface area contributed by atoms with Crippen LogP contribution in [-0.2, 0) is 21.4 Å². The average molecular weight is 509 g/mol. The Balaban J connectivity index is 1.52. The molecular weight excluding hydrogens is 476 g/mol. The van der Waals surface area contributed by atoms with E-state index < -0.39 is 15.9 Å². The minimum atomic E-state index is -3.91. The molecule has 0 bridgehead atoms. The lowest BCUT2D eigenvalue weighted by molar-refractivity contribution is -0.126. The van der Waals surface area contributed by atoms with Crippen molar-refractivity contribution in [2.45, 2.75) is 52.0 Å². The molecule has 1 amide bonds. The largest absolute Gasteiger partial charge is 0.355 e. The number of aromatic nitrogens is 2. The summed E-state index contributed by atoms with van der Waals surface area (Å²) < 4.78 is 34.2. The Morgan fingerprint density at radius 1 is 1.17 bits per heavy atom. The van der Waals surface area contributed by atoms with Gasteiger partial charge in [-0.3, -0.25) is 9.78 Å². The van der Waals surface area contributed by atoms with Gasteiger partial charge in [0.1, 0.15) is 5.69 Å². The number of nitrogens with one attached hydrogen (secondary N) is 1. The number of sulfonamides is 1. The lowest BCUT2D eigenvalue weighted by Gasteiger charge is -2.31. The molecule has 36 heavy (non-hydrogen) atoms. The Bertz CT molecular complexity index is 1360. The van der Waals surface area contributed by atoms with Crippen molar-refractivity contribution in [1.29, 1.82) is 0 Å². The summed E-state index contributed by atoms with van der Waals surface area (Å²) in [6.45, 7) is 8.47. The van der Waals surface area contributed by atoms with Gasteiger partial charge in [0.05, 0.1) is 18.2 Å². The topological polar surface area (TPSA) is 105 Å². The number of piperidine rings is 1. The van der Waals surface area contributed by atoms with Crippen LogP contribution in [0, 0.1) is 33.6 Å². The van der Waals surface area contributed by atoms with Crippen molar-refractivity contribution in [2.24, 2.45) is 5.92 Å². The fraction of sp³-hybridized carbons (Fsp3) is 0.370. The first-order chi connectivity index (χ1) is 17.2. The van der Waals surface area contributed by atoms with Crippen LogP contribution >= 0.6 is 0 Å². The van der Waals surface area contributed by atoms with Crippen LogP contribution < -0.4 is 5.32 Å². The Morgan fingerprint density at radius 2 is 1.92 bits per heavy atom. The summed E-state index contributed by atoms with van der Waals surface area (Å²) in [5.41, 5.74) is 5.43. The fourth-order valence-electron chi connectivity index (χ4n) is 4.74. The molecule has 1 unspecified atom stereocenters. The molecule has 9 heteroatoms. The molecule has 0 saturated carbocycles. The van der Waals surface area contributed by atoms with E-state index in [1.807, 2.05) is 45.0 Å². The highest BCUT2D eigenvalue weighted by atomic mass is 32.2. The van der Waals surface area contributed by atoms with Crippen molar-refractivity contribution in [1.82, 2.24) is 19.8 Å². The number of aryl methyl sites for hydroxylation is 4. The fourth-order valence-corrected chi connectivity index (χ4v) is 6.51. The number of hydrogen-bond acceptors (Lipinski definition) is 6. The van der Waals surface area contributed by atoms with E-state index in [4.69, 9.17) is 4.52 Å². The lowest BCUT2D eigenvalue weighted by Crippen LogP contribution is -2.45. The number of nitrogens with zero attached hydrogens (tertiary/aromatic N) is 3.